The predicted octanol–water partition coefficient (Wildman–Crippen LogP) is 4.42. The van der Waals surface area contributed by atoms with Crippen LogP contribution in [0.25, 0.3) is 0 Å². The molecule has 2 N–H and O–H groups in total. The molecule has 1 saturated heterocycles. The number of ether oxygens (including phenoxy) is 1. The van der Waals surface area contributed by atoms with E-state index in [1.54, 1.807) is 11.8 Å². The summed E-state index contributed by atoms with van der Waals surface area (Å²) in [7, 11) is 0. The van der Waals surface area contributed by atoms with Gasteiger partial charge in [-0.2, -0.15) is 0 Å². The number of halogens is 1. The summed E-state index contributed by atoms with van der Waals surface area (Å²) in [5, 5.41) is 0.781. The first-order valence-corrected chi connectivity index (χ1v) is 8.89. The van der Waals surface area contributed by atoms with Gasteiger partial charge < -0.3 is 10.5 Å². The van der Waals surface area contributed by atoms with Crippen LogP contribution >= 0.6 is 24.2 Å². The van der Waals surface area contributed by atoms with Gasteiger partial charge in [0.1, 0.15) is 0 Å². The molecule has 1 aliphatic rings. The second-order valence-electron chi connectivity index (χ2n) is 5.63. The lowest BCUT2D eigenvalue weighted by Crippen LogP contribution is -2.16. The van der Waals surface area contributed by atoms with E-state index >= 15 is 0 Å². The number of benzene rings is 2. The van der Waals surface area contributed by atoms with E-state index in [1.165, 1.54) is 11.1 Å². The zero-order chi connectivity index (χ0) is 15.9. The highest BCUT2D eigenvalue weighted by molar-refractivity contribution is 8.14. The average molecular weight is 363 g/mol. The third kappa shape index (κ3) is 5.26. The molecule has 1 aliphatic heterocycles. The van der Waals surface area contributed by atoms with Gasteiger partial charge in [0, 0.05) is 6.61 Å². The molecule has 128 valence electrons. The van der Waals surface area contributed by atoms with Gasteiger partial charge in [0.15, 0.2) is 5.17 Å². The fraction of sp³-hybridized carbons (Fsp3) is 0.316. The Morgan fingerprint density at radius 1 is 1.08 bits per heavy atom. The minimum absolute atomic E-state index is 0. The maximum absolute atomic E-state index is 6.18. The second kappa shape index (κ2) is 9.72. The molecule has 1 atom stereocenters. The molecule has 2 aromatic rings. The second-order valence-corrected chi connectivity index (χ2v) is 6.76. The lowest BCUT2D eigenvalue weighted by molar-refractivity contribution is 0.118. The van der Waals surface area contributed by atoms with E-state index in [4.69, 9.17) is 10.5 Å². The summed E-state index contributed by atoms with van der Waals surface area (Å²) < 4.78 is 5.61. The molecule has 0 radical (unpaired) electrons. The Labute approximate surface area is 154 Å². The molecular formula is C19H23ClN2OS. The van der Waals surface area contributed by atoms with Crippen LogP contribution in [0.15, 0.2) is 65.7 Å². The Hall–Kier alpha value is -1.49. The lowest BCUT2D eigenvalue weighted by Gasteiger charge is -2.17. The Morgan fingerprint density at radius 3 is 2.17 bits per heavy atom. The quantitative estimate of drug-likeness (QED) is 0.632. The topological polar surface area (TPSA) is 47.6 Å². The number of hydrogen-bond donors (Lipinski definition) is 1. The van der Waals surface area contributed by atoms with Crippen LogP contribution < -0.4 is 5.73 Å². The van der Waals surface area contributed by atoms with Crippen molar-refractivity contribution < 1.29 is 4.74 Å². The molecule has 2 aromatic carbocycles. The van der Waals surface area contributed by atoms with Crippen molar-refractivity contribution in [3.8, 4) is 0 Å². The smallest absolute Gasteiger partial charge is 0.154 e. The van der Waals surface area contributed by atoms with Gasteiger partial charge in [-0.25, -0.2) is 0 Å². The molecule has 3 nitrogen and oxygen atoms in total. The van der Waals surface area contributed by atoms with Crippen LogP contribution in [-0.4, -0.2) is 24.4 Å². The zero-order valence-corrected chi connectivity index (χ0v) is 15.1. The predicted molar refractivity (Wildman–Crippen MR) is 105 cm³/mol. The van der Waals surface area contributed by atoms with Gasteiger partial charge >= 0.3 is 0 Å². The van der Waals surface area contributed by atoms with Crippen LogP contribution in [0.3, 0.4) is 0 Å². The Balaban J connectivity index is 0.00000208. The molecule has 0 saturated carbocycles. The average Bonchev–Trinajstić information content (AvgIpc) is 3.13. The maximum Gasteiger partial charge on any atom is 0.154 e. The number of rotatable bonds is 5. The number of nitrogens with two attached hydrogens (primary N) is 1. The highest BCUT2D eigenvalue weighted by Gasteiger charge is 2.18. The Kier molecular flexibility index (Phi) is 7.63. The number of nitrogens with zero attached hydrogens (tertiary/aromatic N) is 1. The fourth-order valence-corrected chi connectivity index (χ4v) is 3.70. The summed E-state index contributed by atoms with van der Waals surface area (Å²) in [6.45, 7) is 1.51. The molecule has 1 unspecified atom stereocenters. The first-order valence-electron chi connectivity index (χ1n) is 8.01. The van der Waals surface area contributed by atoms with E-state index in [-0.39, 0.29) is 23.8 Å². The first kappa shape index (κ1) is 18.8. The van der Waals surface area contributed by atoms with Crippen molar-refractivity contribution in [1.82, 2.24) is 0 Å². The summed E-state index contributed by atoms with van der Waals surface area (Å²) in [4.78, 5) is 4.53. The maximum atomic E-state index is 6.18. The first-order chi connectivity index (χ1) is 11.3. The van der Waals surface area contributed by atoms with Gasteiger partial charge in [-0.3, -0.25) is 4.99 Å². The highest BCUT2D eigenvalue weighted by atomic mass is 35.5. The normalized spacial score (nSPS) is 17.7. The van der Waals surface area contributed by atoms with E-state index in [2.05, 4.69) is 53.5 Å². The summed E-state index contributed by atoms with van der Waals surface area (Å²) in [6, 6.07) is 20.9. The number of thioether (sulfide) groups is 1. The standard InChI is InChI=1S/C19H22N2OS.ClH/c20-19(21-14-17-12-7-13-22-17)23-18(15-8-3-1-4-9-15)16-10-5-2-6-11-16;/h1-6,8-11,17-18H,7,12-14H2,(H2,20,21);1H. The van der Waals surface area contributed by atoms with Crippen LogP contribution in [0.1, 0.15) is 29.2 Å². The van der Waals surface area contributed by atoms with Crippen molar-refractivity contribution in [3.05, 3.63) is 71.8 Å². The minimum Gasteiger partial charge on any atom is -0.379 e. The van der Waals surface area contributed by atoms with Crippen molar-refractivity contribution in [1.29, 1.82) is 0 Å². The molecule has 1 fully saturated rings. The van der Waals surface area contributed by atoms with Crippen LogP contribution in [0.2, 0.25) is 0 Å². The van der Waals surface area contributed by atoms with Crippen molar-refractivity contribution in [2.45, 2.75) is 24.2 Å². The molecule has 0 amide bonds. The van der Waals surface area contributed by atoms with Gasteiger partial charge in [-0.05, 0) is 24.0 Å². The third-order valence-corrected chi connectivity index (χ3v) is 5.07. The fourth-order valence-electron chi connectivity index (χ4n) is 2.72. The summed E-state index contributed by atoms with van der Waals surface area (Å²) in [5.41, 5.74) is 8.66. The number of amidine groups is 1. The number of aliphatic imine (C=N–C) groups is 1. The van der Waals surface area contributed by atoms with Crippen LogP contribution in [0.4, 0.5) is 0 Å². The van der Waals surface area contributed by atoms with Crippen LogP contribution in [-0.2, 0) is 4.74 Å². The highest BCUT2D eigenvalue weighted by Crippen LogP contribution is 2.35. The van der Waals surface area contributed by atoms with Crippen molar-refractivity contribution in [3.63, 3.8) is 0 Å². The van der Waals surface area contributed by atoms with E-state index in [1.807, 2.05) is 12.1 Å². The van der Waals surface area contributed by atoms with Crippen LogP contribution in [0.5, 0.6) is 0 Å². The minimum atomic E-state index is 0. The molecular weight excluding hydrogens is 340 g/mol. The largest absolute Gasteiger partial charge is 0.379 e. The summed E-state index contributed by atoms with van der Waals surface area (Å²) in [5.74, 6) is 0. The summed E-state index contributed by atoms with van der Waals surface area (Å²) in [6.07, 6.45) is 2.45. The lowest BCUT2D eigenvalue weighted by atomic mass is 10.0. The van der Waals surface area contributed by atoms with Gasteiger partial charge in [0.2, 0.25) is 0 Å². The molecule has 0 spiro atoms. The monoisotopic (exact) mass is 362 g/mol. The molecule has 5 heteroatoms. The van der Waals surface area contributed by atoms with Crippen molar-refractivity contribution >= 4 is 29.3 Å². The SMILES string of the molecule is Cl.NC(=NCC1CCCO1)SC(c1ccccc1)c1ccccc1. The summed E-state index contributed by atoms with van der Waals surface area (Å²) >= 11 is 1.61. The zero-order valence-electron chi connectivity index (χ0n) is 13.5. The van der Waals surface area contributed by atoms with Gasteiger partial charge in [0.05, 0.1) is 17.9 Å². The Morgan fingerprint density at radius 2 is 1.67 bits per heavy atom. The van der Waals surface area contributed by atoms with Crippen molar-refractivity contribution in [2.75, 3.05) is 13.2 Å². The van der Waals surface area contributed by atoms with E-state index in [0.29, 0.717) is 11.7 Å². The molecule has 0 aliphatic carbocycles. The van der Waals surface area contributed by atoms with Crippen LogP contribution in [0, 0.1) is 0 Å². The van der Waals surface area contributed by atoms with Gasteiger partial charge in [-0.1, -0.05) is 72.4 Å². The van der Waals surface area contributed by atoms with Gasteiger partial charge in [0.25, 0.3) is 0 Å². The van der Waals surface area contributed by atoms with E-state index in [9.17, 15) is 0 Å². The number of hydrogen-bond acceptors (Lipinski definition) is 3. The van der Waals surface area contributed by atoms with E-state index in [0.717, 1.165) is 19.4 Å². The molecule has 3 rings (SSSR count). The molecule has 1 heterocycles. The molecule has 0 aromatic heterocycles. The molecule has 0 bridgehead atoms. The van der Waals surface area contributed by atoms with Gasteiger partial charge in [-0.15, -0.1) is 12.4 Å². The van der Waals surface area contributed by atoms with E-state index < -0.39 is 0 Å². The van der Waals surface area contributed by atoms with Crippen molar-refractivity contribution in [2.24, 2.45) is 10.7 Å². The molecule has 24 heavy (non-hydrogen) atoms. The third-order valence-electron chi connectivity index (χ3n) is 3.92. The Bertz CT molecular complexity index is 591.